The third kappa shape index (κ3) is 1.31. The predicted octanol–water partition coefficient (Wildman–Crippen LogP) is 2.60. The van der Waals surface area contributed by atoms with Gasteiger partial charge in [0.2, 0.25) is 0 Å². The first-order valence-electron chi connectivity index (χ1n) is 4.70. The molecule has 0 amide bonds. The van der Waals surface area contributed by atoms with Crippen LogP contribution in [0.4, 0.5) is 0 Å². The van der Waals surface area contributed by atoms with Gasteiger partial charge in [0.05, 0.1) is 6.61 Å². The van der Waals surface area contributed by atoms with Gasteiger partial charge in [0.25, 0.3) is 0 Å². The summed E-state index contributed by atoms with van der Waals surface area (Å²) in [5, 5.41) is 0. The minimum atomic E-state index is 0.612. The highest BCUT2D eigenvalue weighted by Crippen LogP contribution is 2.57. The van der Waals surface area contributed by atoms with Gasteiger partial charge in [0.15, 0.2) is 0 Å². The first-order chi connectivity index (χ1) is 5.12. The second-order valence-electron chi connectivity index (χ2n) is 5.17. The van der Waals surface area contributed by atoms with Gasteiger partial charge in [-0.1, -0.05) is 13.8 Å². The molecular formula is C10H18O. The fraction of sp³-hybridized carbons (Fsp3) is 1.00. The highest BCUT2D eigenvalue weighted by molar-refractivity contribution is 4.99. The van der Waals surface area contributed by atoms with Gasteiger partial charge >= 0.3 is 0 Å². The minimum Gasteiger partial charge on any atom is -0.381 e. The van der Waals surface area contributed by atoms with Crippen molar-refractivity contribution in [1.29, 1.82) is 0 Å². The zero-order valence-electron chi connectivity index (χ0n) is 7.65. The Hall–Kier alpha value is -0.0400. The molecule has 1 aliphatic heterocycles. The third-order valence-corrected chi connectivity index (χ3v) is 3.11. The fourth-order valence-electron chi connectivity index (χ4n) is 3.17. The van der Waals surface area contributed by atoms with Crippen molar-refractivity contribution in [3.63, 3.8) is 0 Å². The van der Waals surface area contributed by atoms with Crippen LogP contribution in [0.15, 0.2) is 0 Å². The van der Waals surface area contributed by atoms with Gasteiger partial charge in [-0.25, -0.2) is 0 Å². The summed E-state index contributed by atoms with van der Waals surface area (Å²) in [4.78, 5) is 0. The van der Waals surface area contributed by atoms with Crippen LogP contribution in [0.5, 0.6) is 0 Å². The Morgan fingerprint density at radius 1 is 1.18 bits per heavy atom. The Kier molecular flexibility index (Phi) is 1.54. The molecule has 64 valence electrons. The molecule has 0 aromatic rings. The topological polar surface area (TPSA) is 9.23 Å². The van der Waals surface area contributed by atoms with Crippen LogP contribution in [-0.4, -0.2) is 13.2 Å². The average Bonchev–Trinajstić information content (AvgIpc) is 1.85. The second kappa shape index (κ2) is 2.22. The number of hydrogen-bond acceptors (Lipinski definition) is 1. The van der Waals surface area contributed by atoms with Crippen LogP contribution >= 0.6 is 0 Å². The summed E-state index contributed by atoms with van der Waals surface area (Å²) in [6, 6.07) is 0. The highest BCUT2D eigenvalue weighted by atomic mass is 16.5. The van der Waals surface area contributed by atoms with E-state index in [4.69, 9.17) is 4.74 Å². The highest BCUT2D eigenvalue weighted by Gasteiger charge is 2.49. The van der Waals surface area contributed by atoms with E-state index in [2.05, 4.69) is 13.8 Å². The summed E-state index contributed by atoms with van der Waals surface area (Å²) in [5.41, 5.74) is 1.22. The van der Waals surface area contributed by atoms with Gasteiger partial charge < -0.3 is 4.74 Å². The minimum absolute atomic E-state index is 0.612. The molecule has 0 bridgehead atoms. The smallest absolute Gasteiger partial charge is 0.0522 e. The lowest BCUT2D eigenvalue weighted by atomic mass is 9.53. The van der Waals surface area contributed by atoms with Crippen LogP contribution in [0.3, 0.4) is 0 Å². The van der Waals surface area contributed by atoms with Gasteiger partial charge in [-0.15, -0.1) is 0 Å². The molecule has 0 aromatic heterocycles. The van der Waals surface area contributed by atoms with Crippen molar-refractivity contribution >= 4 is 0 Å². The molecule has 0 atom stereocenters. The summed E-state index contributed by atoms with van der Waals surface area (Å²) in [6.07, 6.45) is 5.48. The molecule has 0 aromatic carbocycles. The maximum absolute atomic E-state index is 5.52. The standard InChI is InChI=1S/C10H18O/c1-9(2)6-10(7-9)4-3-5-11-8-10/h3-8H2,1-2H3. The first kappa shape index (κ1) is 7.60. The molecule has 0 unspecified atom stereocenters. The number of ether oxygens (including phenoxy) is 1. The molecule has 0 N–H and O–H groups in total. The first-order valence-corrected chi connectivity index (χ1v) is 4.70. The normalized spacial score (nSPS) is 33.3. The molecular weight excluding hydrogens is 136 g/mol. The molecule has 2 aliphatic rings. The summed E-state index contributed by atoms with van der Waals surface area (Å²) in [5.74, 6) is 0. The van der Waals surface area contributed by atoms with E-state index in [1.54, 1.807) is 0 Å². The van der Waals surface area contributed by atoms with Crippen LogP contribution in [0.2, 0.25) is 0 Å². The van der Waals surface area contributed by atoms with Crippen LogP contribution in [-0.2, 0) is 4.74 Å². The lowest BCUT2D eigenvalue weighted by Gasteiger charge is -2.55. The maximum Gasteiger partial charge on any atom is 0.0522 e. The van der Waals surface area contributed by atoms with Gasteiger partial charge in [-0.3, -0.25) is 0 Å². The van der Waals surface area contributed by atoms with E-state index in [-0.39, 0.29) is 0 Å². The Balaban J connectivity index is 1.94. The van der Waals surface area contributed by atoms with Crippen molar-refractivity contribution in [2.24, 2.45) is 10.8 Å². The monoisotopic (exact) mass is 154 g/mol. The zero-order valence-corrected chi connectivity index (χ0v) is 7.65. The quantitative estimate of drug-likeness (QED) is 0.521. The third-order valence-electron chi connectivity index (χ3n) is 3.11. The van der Waals surface area contributed by atoms with Gasteiger partial charge in [0.1, 0.15) is 0 Å². The van der Waals surface area contributed by atoms with Crippen molar-refractivity contribution in [3.05, 3.63) is 0 Å². The lowest BCUT2D eigenvalue weighted by molar-refractivity contribution is -0.113. The molecule has 1 aliphatic carbocycles. The van der Waals surface area contributed by atoms with Crippen LogP contribution in [0, 0.1) is 10.8 Å². The van der Waals surface area contributed by atoms with E-state index in [0.717, 1.165) is 13.2 Å². The van der Waals surface area contributed by atoms with E-state index in [0.29, 0.717) is 10.8 Å². The van der Waals surface area contributed by atoms with E-state index in [1.165, 1.54) is 25.7 Å². The van der Waals surface area contributed by atoms with Gasteiger partial charge in [-0.2, -0.15) is 0 Å². The fourth-order valence-corrected chi connectivity index (χ4v) is 3.17. The summed E-state index contributed by atoms with van der Waals surface area (Å²) in [7, 11) is 0. The molecule has 11 heavy (non-hydrogen) atoms. The second-order valence-corrected chi connectivity index (χ2v) is 5.17. The van der Waals surface area contributed by atoms with E-state index in [1.807, 2.05) is 0 Å². The lowest BCUT2D eigenvalue weighted by Crippen LogP contribution is -2.48. The predicted molar refractivity (Wildman–Crippen MR) is 45.5 cm³/mol. The Morgan fingerprint density at radius 3 is 2.36 bits per heavy atom. The van der Waals surface area contributed by atoms with Gasteiger partial charge in [0, 0.05) is 6.61 Å². The average molecular weight is 154 g/mol. The van der Waals surface area contributed by atoms with Crippen LogP contribution in [0.25, 0.3) is 0 Å². The Morgan fingerprint density at radius 2 is 1.91 bits per heavy atom. The van der Waals surface area contributed by atoms with E-state index < -0.39 is 0 Å². The molecule has 1 heterocycles. The Bertz CT molecular complexity index is 144. The van der Waals surface area contributed by atoms with Crippen molar-refractivity contribution in [1.82, 2.24) is 0 Å². The molecule has 1 spiro atoms. The van der Waals surface area contributed by atoms with Crippen LogP contribution in [0.1, 0.15) is 39.5 Å². The van der Waals surface area contributed by atoms with Crippen molar-refractivity contribution in [2.45, 2.75) is 39.5 Å². The molecule has 1 heteroatoms. The van der Waals surface area contributed by atoms with E-state index in [9.17, 15) is 0 Å². The summed E-state index contributed by atoms with van der Waals surface area (Å²) >= 11 is 0. The van der Waals surface area contributed by atoms with Crippen molar-refractivity contribution < 1.29 is 4.74 Å². The molecule has 2 fully saturated rings. The van der Waals surface area contributed by atoms with E-state index >= 15 is 0 Å². The van der Waals surface area contributed by atoms with Crippen LogP contribution < -0.4 is 0 Å². The van der Waals surface area contributed by atoms with Crippen molar-refractivity contribution in [3.8, 4) is 0 Å². The van der Waals surface area contributed by atoms with Gasteiger partial charge in [-0.05, 0) is 36.5 Å². The number of hydrogen-bond donors (Lipinski definition) is 0. The largest absolute Gasteiger partial charge is 0.381 e. The SMILES string of the molecule is CC1(C)CC2(CCCOC2)C1. The molecule has 2 rings (SSSR count). The Labute approximate surface area is 69.1 Å². The maximum atomic E-state index is 5.52. The zero-order chi connectivity index (χ0) is 7.95. The van der Waals surface area contributed by atoms with Crippen molar-refractivity contribution in [2.75, 3.05) is 13.2 Å². The summed E-state index contributed by atoms with van der Waals surface area (Å²) < 4.78 is 5.52. The molecule has 1 nitrogen and oxygen atoms in total. The summed E-state index contributed by atoms with van der Waals surface area (Å²) in [6.45, 7) is 6.78. The number of rotatable bonds is 0. The molecule has 0 radical (unpaired) electrons. The molecule has 1 saturated heterocycles. The molecule has 1 saturated carbocycles.